The zero-order valence-corrected chi connectivity index (χ0v) is 7.22. The Morgan fingerprint density at radius 1 is 1.36 bits per heavy atom. The quantitative estimate of drug-likeness (QED) is 0.527. The zero-order valence-electron chi connectivity index (χ0n) is 7.22. The van der Waals surface area contributed by atoms with E-state index < -0.39 is 0 Å². The van der Waals surface area contributed by atoms with Crippen LogP contribution in [0.15, 0.2) is 18.2 Å². The van der Waals surface area contributed by atoms with Gasteiger partial charge in [0.1, 0.15) is 0 Å². The van der Waals surface area contributed by atoms with Gasteiger partial charge < -0.3 is 0 Å². The summed E-state index contributed by atoms with van der Waals surface area (Å²) in [5.74, 6) is 0.796. The Hall–Kier alpha value is -0.780. The van der Waals surface area contributed by atoms with Crippen molar-refractivity contribution in [2.75, 3.05) is 0 Å². The van der Waals surface area contributed by atoms with Gasteiger partial charge in [0.2, 0.25) is 0 Å². The van der Waals surface area contributed by atoms with Gasteiger partial charge in [0.15, 0.2) is 0 Å². The topological polar surface area (TPSA) is 0 Å². The predicted octanol–water partition coefficient (Wildman–Crippen LogP) is 3.04. The van der Waals surface area contributed by atoms with Crippen LogP contribution in [0.5, 0.6) is 0 Å². The summed E-state index contributed by atoms with van der Waals surface area (Å²) in [6.45, 7) is 4.50. The Kier molecular flexibility index (Phi) is 1.49. The molecule has 0 bridgehead atoms. The lowest BCUT2D eigenvalue weighted by Crippen LogP contribution is -1.86. The van der Waals surface area contributed by atoms with E-state index in [1.165, 1.54) is 18.4 Å². The first-order valence-corrected chi connectivity index (χ1v) is 4.37. The smallest absolute Gasteiger partial charge is 0.0184 e. The van der Waals surface area contributed by atoms with E-state index in [2.05, 4.69) is 32.0 Å². The summed E-state index contributed by atoms with van der Waals surface area (Å²) in [7, 11) is 0. The van der Waals surface area contributed by atoms with Crippen LogP contribution in [-0.4, -0.2) is 0 Å². The summed E-state index contributed by atoms with van der Waals surface area (Å²) in [5.41, 5.74) is 4.56. The van der Waals surface area contributed by atoms with E-state index in [-0.39, 0.29) is 0 Å². The second-order valence-corrected chi connectivity index (χ2v) is 3.64. The van der Waals surface area contributed by atoms with Crippen molar-refractivity contribution in [2.45, 2.75) is 32.6 Å². The first-order chi connectivity index (χ1) is 5.27. The van der Waals surface area contributed by atoms with E-state index in [1.807, 2.05) is 0 Å². The molecule has 0 heteroatoms. The molecule has 1 aromatic carbocycles. The molecule has 1 aromatic rings. The predicted molar refractivity (Wildman–Crippen MR) is 47.9 cm³/mol. The Balaban J connectivity index is 2.52. The van der Waals surface area contributed by atoms with Crippen molar-refractivity contribution in [3.05, 3.63) is 34.9 Å². The van der Waals surface area contributed by atoms with Gasteiger partial charge in [-0.25, -0.2) is 0 Å². The Morgan fingerprint density at radius 2 is 2.18 bits per heavy atom. The number of hydrogen-bond donors (Lipinski definition) is 0. The van der Waals surface area contributed by atoms with Crippen molar-refractivity contribution in [2.24, 2.45) is 0 Å². The summed E-state index contributed by atoms with van der Waals surface area (Å²) in [6, 6.07) is 6.85. The largest absolute Gasteiger partial charge is 0.0590 e. The van der Waals surface area contributed by atoms with E-state index in [1.54, 1.807) is 11.1 Å². The molecule has 0 spiro atoms. The van der Waals surface area contributed by atoms with Crippen LogP contribution in [0.2, 0.25) is 0 Å². The number of fused-ring (bicyclic) bond motifs is 1. The maximum atomic E-state index is 2.34. The molecule has 1 aliphatic carbocycles. The highest BCUT2D eigenvalue weighted by atomic mass is 14.2. The highest BCUT2D eigenvalue weighted by molar-refractivity contribution is 5.37. The summed E-state index contributed by atoms with van der Waals surface area (Å²) in [6.07, 6.45) is 2.63. The molecule has 0 heterocycles. The summed E-state index contributed by atoms with van der Waals surface area (Å²) < 4.78 is 0. The molecule has 0 amide bonds. The van der Waals surface area contributed by atoms with E-state index in [0.717, 1.165) is 5.92 Å². The number of rotatable bonds is 0. The standard InChI is InChI=1S/C11H14/c1-8-3-5-10-6-4-9(2)11(10)7-8/h3,5,7,9H,4,6H2,1-2H3/t9-/m1/s1. The van der Waals surface area contributed by atoms with Crippen molar-refractivity contribution in [1.29, 1.82) is 0 Å². The third kappa shape index (κ3) is 1.07. The minimum absolute atomic E-state index is 0.796. The van der Waals surface area contributed by atoms with Crippen molar-refractivity contribution in [3.8, 4) is 0 Å². The number of benzene rings is 1. The second kappa shape index (κ2) is 2.37. The Labute approximate surface area is 68.3 Å². The van der Waals surface area contributed by atoms with Gasteiger partial charge in [-0.3, -0.25) is 0 Å². The molecule has 0 saturated carbocycles. The molecule has 0 radical (unpaired) electrons. The van der Waals surface area contributed by atoms with E-state index in [4.69, 9.17) is 0 Å². The van der Waals surface area contributed by atoms with Crippen LogP contribution in [-0.2, 0) is 6.42 Å². The van der Waals surface area contributed by atoms with Gasteiger partial charge in [-0.1, -0.05) is 30.7 Å². The number of hydrogen-bond acceptors (Lipinski definition) is 0. The van der Waals surface area contributed by atoms with Crippen molar-refractivity contribution < 1.29 is 0 Å². The van der Waals surface area contributed by atoms with Crippen molar-refractivity contribution >= 4 is 0 Å². The molecule has 0 N–H and O–H groups in total. The van der Waals surface area contributed by atoms with Crippen LogP contribution >= 0.6 is 0 Å². The first-order valence-electron chi connectivity index (χ1n) is 4.37. The summed E-state index contributed by atoms with van der Waals surface area (Å²) >= 11 is 0. The molecule has 0 saturated heterocycles. The lowest BCUT2D eigenvalue weighted by molar-refractivity contribution is 0.747. The van der Waals surface area contributed by atoms with Gasteiger partial charge >= 0.3 is 0 Å². The van der Waals surface area contributed by atoms with Crippen LogP contribution in [0.3, 0.4) is 0 Å². The maximum Gasteiger partial charge on any atom is -0.0184 e. The highest BCUT2D eigenvalue weighted by Crippen LogP contribution is 2.32. The third-order valence-corrected chi connectivity index (χ3v) is 2.68. The van der Waals surface area contributed by atoms with E-state index in [0.29, 0.717) is 0 Å². The fourth-order valence-electron chi connectivity index (χ4n) is 1.93. The fraction of sp³-hybridized carbons (Fsp3) is 0.455. The van der Waals surface area contributed by atoms with Crippen molar-refractivity contribution in [1.82, 2.24) is 0 Å². The second-order valence-electron chi connectivity index (χ2n) is 3.64. The fourth-order valence-corrected chi connectivity index (χ4v) is 1.93. The minimum atomic E-state index is 0.796. The summed E-state index contributed by atoms with van der Waals surface area (Å²) in [4.78, 5) is 0. The maximum absolute atomic E-state index is 2.34. The molecular formula is C11H14. The molecule has 1 atom stereocenters. The van der Waals surface area contributed by atoms with Crippen LogP contribution < -0.4 is 0 Å². The van der Waals surface area contributed by atoms with Gasteiger partial charge in [0.05, 0.1) is 0 Å². The number of aryl methyl sites for hydroxylation is 2. The highest BCUT2D eigenvalue weighted by Gasteiger charge is 2.17. The average Bonchev–Trinajstić information content (AvgIpc) is 2.33. The van der Waals surface area contributed by atoms with Gasteiger partial charge in [-0.2, -0.15) is 0 Å². The lowest BCUT2D eigenvalue weighted by Gasteiger charge is -2.04. The monoisotopic (exact) mass is 146 g/mol. The van der Waals surface area contributed by atoms with E-state index >= 15 is 0 Å². The lowest BCUT2D eigenvalue weighted by atomic mass is 10.0. The van der Waals surface area contributed by atoms with Crippen LogP contribution in [0.1, 0.15) is 36.0 Å². The third-order valence-electron chi connectivity index (χ3n) is 2.68. The molecule has 0 nitrogen and oxygen atoms in total. The molecule has 58 valence electrons. The Bertz CT molecular complexity index is 273. The van der Waals surface area contributed by atoms with Gasteiger partial charge in [0, 0.05) is 0 Å². The minimum Gasteiger partial charge on any atom is -0.0590 e. The zero-order chi connectivity index (χ0) is 7.84. The Morgan fingerprint density at radius 3 is 3.00 bits per heavy atom. The molecule has 0 unspecified atom stereocenters. The average molecular weight is 146 g/mol. The molecule has 0 aromatic heterocycles. The van der Waals surface area contributed by atoms with Crippen molar-refractivity contribution in [3.63, 3.8) is 0 Å². The molecule has 0 fully saturated rings. The van der Waals surface area contributed by atoms with E-state index in [9.17, 15) is 0 Å². The molecule has 0 aliphatic heterocycles. The SMILES string of the molecule is Cc1ccc2c(c1)[C@H](C)CC2. The normalized spacial score (nSPS) is 21.8. The van der Waals surface area contributed by atoms with Crippen LogP contribution in [0.25, 0.3) is 0 Å². The molecule has 2 rings (SSSR count). The van der Waals surface area contributed by atoms with Gasteiger partial charge in [-0.05, 0) is 36.8 Å². The van der Waals surface area contributed by atoms with Gasteiger partial charge in [-0.15, -0.1) is 0 Å². The first kappa shape index (κ1) is 6.90. The van der Waals surface area contributed by atoms with Gasteiger partial charge in [0.25, 0.3) is 0 Å². The molecule has 1 aliphatic rings. The molecular weight excluding hydrogens is 132 g/mol. The molecule has 11 heavy (non-hydrogen) atoms. The summed E-state index contributed by atoms with van der Waals surface area (Å²) in [5, 5.41) is 0. The van der Waals surface area contributed by atoms with Crippen LogP contribution in [0, 0.1) is 6.92 Å². The van der Waals surface area contributed by atoms with Crippen LogP contribution in [0.4, 0.5) is 0 Å².